The summed E-state index contributed by atoms with van der Waals surface area (Å²) >= 11 is 24.6. The Hall–Kier alpha value is 0.594. The van der Waals surface area contributed by atoms with Crippen molar-refractivity contribution in [3.8, 4) is 0 Å². The Morgan fingerprint density at radius 1 is 0.533 bits per heavy atom. The minimum atomic E-state index is -1.67. The maximum atomic E-state index is 5.43. The summed E-state index contributed by atoms with van der Waals surface area (Å²) in [5.41, 5.74) is 0. The molecule has 0 spiro atoms. The van der Waals surface area contributed by atoms with Crippen LogP contribution in [0.3, 0.4) is 0 Å². The molecule has 3 rings (SSSR count). The standard InChI is InChI=1S/C14H14Br2Si.C6H4Br2.C2H6Cl2Si/c1-17(2,13-7-3-5-11(15)9-13)14-8-4-6-12(16)10-14;7-5-2-1-3-6(8)4-5;1-5(2,3)4/h3-10H,1-2H3;1-4H;1-2H3. The van der Waals surface area contributed by atoms with E-state index in [-0.39, 0.29) is 0 Å². The van der Waals surface area contributed by atoms with Gasteiger partial charge in [0.1, 0.15) is 8.07 Å². The van der Waals surface area contributed by atoms with E-state index in [2.05, 4.69) is 125 Å². The zero-order chi connectivity index (χ0) is 22.9. The molecule has 0 N–H and O–H groups in total. The Morgan fingerprint density at radius 2 is 0.800 bits per heavy atom. The fourth-order valence-corrected chi connectivity index (χ4v) is 7.10. The molecule has 0 aliphatic rings. The maximum absolute atomic E-state index is 5.43. The van der Waals surface area contributed by atoms with Gasteiger partial charge in [0, 0.05) is 17.9 Å². The Balaban J connectivity index is 0.000000286. The molecule has 0 bridgehead atoms. The van der Waals surface area contributed by atoms with Gasteiger partial charge in [0.05, 0.1) is 0 Å². The lowest BCUT2D eigenvalue weighted by Gasteiger charge is -2.24. The van der Waals surface area contributed by atoms with E-state index in [9.17, 15) is 0 Å². The van der Waals surface area contributed by atoms with Crippen LogP contribution in [0.5, 0.6) is 0 Å². The second kappa shape index (κ2) is 13.3. The molecule has 162 valence electrons. The highest BCUT2D eigenvalue weighted by Gasteiger charge is 2.26. The van der Waals surface area contributed by atoms with Crippen LogP contribution < -0.4 is 10.4 Å². The van der Waals surface area contributed by atoms with Crippen molar-refractivity contribution < 1.29 is 0 Å². The fraction of sp³-hybridized carbons (Fsp3) is 0.182. The molecule has 0 aromatic heterocycles. The molecule has 3 aromatic carbocycles. The third-order valence-electron chi connectivity index (χ3n) is 3.88. The van der Waals surface area contributed by atoms with Gasteiger partial charge in [0.25, 0.3) is 0 Å². The smallest absolute Gasteiger partial charge is 0.146 e. The van der Waals surface area contributed by atoms with Gasteiger partial charge >= 0.3 is 0 Å². The van der Waals surface area contributed by atoms with E-state index in [4.69, 9.17) is 22.2 Å². The van der Waals surface area contributed by atoms with Crippen molar-refractivity contribution in [1.29, 1.82) is 0 Å². The van der Waals surface area contributed by atoms with E-state index >= 15 is 0 Å². The first-order valence-electron chi connectivity index (χ1n) is 9.10. The zero-order valence-electron chi connectivity index (χ0n) is 17.2. The normalized spacial score (nSPS) is 11.0. The van der Waals surface area contributed by atoms with Crippen molar-refractivity contribution in [2.24, 2.45) is 0 Å². The van der Waals surface area contributed by atoms with Gasteiger partial charge in [-0.05, 0) is 55.6 Å². The monoisotopic (exact) mass is 730 g/mol. The van der Waals surface area contributed by atoms with Crippen LogP contribution >= 0.6 is 85.9 Å². The highest BCUT2D eigenvalue weighted by molar-refractivity contribution is 9.11. The molecule has 0 saturated heterocycles. The van der Waals surface area contributed by atoms with Crippen LogP contribution in [-0.2, 0) is 0 Å². The largest absolute Gasteiger partial charge is 0.245 e. The highest BCUT2D eigenvalue weighted by Crippen LogP contribution is 2.16. The first-order chi connectivity index (χ1) is 13.8. The van der Waals surface area contributed by atoms with Crippen molar-refractivity contribution in [3.05, 3.63) is 90.7 Å². The van der Waals surface area contributed by atoms with Crippen molar-refractivity contribution in [3.63, 3.8) is 0 Å². The van der Waals surface area contributed by atoms with Gasteiger partial charge in [-0.25, -0.2) is 0 Å². The number of halogens is 6. The summed E-state index contributed by atoms with van der Waals surface area (Å²) in [5.74, 6) is 0. The third kappa shape index (κ3) is 12.0. The number of hydrogen-bond donors (Lipinski definition) is 0. The first-order valence-corrected chi connectivity index (χ1v) is 20.3. The molecular formula is C22H24Br4Cl2Si2. The first kappa shape index (κ1) is 28.6. The SMILES string of the molecule is Brc1cccc(Br)c1.C[Si](C)(Cl)Cl.C[Si](C)(c1cccc(Br)c1)c1cccc(Br)c1. The highest BCUT2D eigenvalue weighted by atomic mass is 79.9. The summed E-state index contributed by atoms with van der Waals surface area (Å²) in [4.78, 5) is 0. The Bertz CT molecular complexity index is 873. The maximum Gasteiger partial charge on any atom is 0.245 e. The summed E-state index contributed by atoms with van der Waals surface area (Å²) in [7, 11) is -1.58. The summed E-state index contributed by atoms with van der Waals surface area (Å²) in [6.07, 6.45) is 0. The van der Waals surface area contributed by atoms with Crippen LogP contribution in [0, 0.1) is 0 Å². The summed E-state index contributed by atoms with van der Waals surface area (Å²) in [6, 6.07) is 25.3. The molecule has 0 atom stereocenters. The number of rotatable bonds is 2. The van der Waals surface area contributed by atoms with E-state index in [1.165, 1.54) is 10.4 Å². The second-order valence-electron chi connectivity index (χ2n) is 7.41. The molecule has 0 nitrogen and oxygen atoms in total. The van der Waals surface area contributed by atoms with E-state index < -0.39 is 14.8 Å². The van der Waals surface area contributed by atoms with Crippen LogP contribution in [0.1, 0.15) is 0 Å². The number of hydrogen-bond acceptors (Lipinski definition) is 0. The average molecular weight is 735 g/mol. The quantitative estimate of drug-likeness (QED) is 0.182. The predicted molar refractivity (Wildman–Crippen MR) is 156 cm³/mol. The molecule has 30 heavy (non-hydrogen) atoms. The minimum absolute atomic E-state index is 1.10. The van der Waals surface area contributed by atoms with Crippen LogP contribution in [0.2, 0.25) is 26.2 Å². The molecule has 0 radical (unpaired) electrons. The molecule has 8 heteroatoms. The van der Waals surface area contributed by atoms with E-state index in [0.717, 1.165) is 17.9 Å². The van der Waals surface area contributed by atoms with E-state index in [0.29, 0.717) is 0 Å². The molecule has 0 saturated carbocycles. The lowest BCUT2D eigenvalue weighted by Crippen LogP contribution is -2.52. The van der Waals surface area contributed by atoms with Gasteiger partial charge < -0.3 is 0 Å². The lowest BCUT2D eigenvalue weighted by molar-refractivity contribution is 1.60. The van der Waals surface area contributed by atoms with Gasteiger partial charge in [-0.15, -0.1) is 22.2 Å². The van der Waals surface area contributed by atoms with Gasteiger partial charge in [-0.2, -0.15) is 0 Å². The average Bonchev–Trinajstić information content (AvgIpc) is 2.61. The molecule has 0 aliphatic heterocycles. The second-order valence-corrected chi connectivity index (χ2v) is 24.4. The van der Waals surface area contributed by atoms with Crippen molar-refractivity contribution in [2.45, 2.75) is 26.2 Å². The zero-order valence-corrected chi connectivity index (χ0v) is 27.1. The summed E-state index contributed by atoms with van der Waals surface area (Å²) in [6.45, 7) is 6.82. The van der Waals surface area contributed by atoms with E-state index in [1.807, 2.05) is 37.4 Å². The number of benzene rings is 3. The molecule has 0 amide bonds. The van der Waals surface area contributed by atoms with E-state index in [1.54, 1.807) is 0 Å². The van der Waals surface area contributed by atoms with Crippen molar-refractivity contribution in [2.75, 3.05) is 0 Å². The molecule has 3 aromatic rings. The van der Waals surface area contributed by atoms with Crippen LogP contribution in [0.4, 0.5) is 0 Å². The van der Waals surface area contributed by atoms with Crippen LogP contribution in [0.15, 0.2) is 90.7 Å². The lowest BCUT2D eigenvalue weighted by atomic mass is 10.4. The van der Waals surface area contributed by atoms with Crippen LogP contribution in [-0.4, -0.2) is 14.8 Å². The molecule has 0 heterocycles. The Kier molecular flexibility index (Phi) is 12.7. The van der Waals surface area contributed by atoms with Crippen molar-refractivity contribution >= 4 is 111 Å². The van der Waals surface area contributed by atoms with Gasteiger partial charge in [0.15, 0.2) is 0 Å². The molecule has 0 fully saturated rings. The Labute approximate surface area is 225 Å². The van der Waals surface area contributed by atoms with Gasteiger partial charge in [0.2, 0.25) is 6.69 Å². The van der Waals surface area contributed by atoms with Crippen LogP contribution in [0.25, 0.3) is 0 Å². The third-order valence-corrected chi connectivity index (χ3v) is 9.36. The Morgan fingerprint density at radius 3 is 1.03 bits per heavy atom. The van der Waals surface area contributed by atoms with Crippen molar-refractivity contribution in [1.82, 2.24) is 0 Å². The van der Waals surface area contributed by atoms with Gasteiger partial charge in [-0.3, -0.25) is 0 Å². The molecule has 0 aliphatic carbocycles. The predicted octanol–water partition coefficient (Wildman–Crippen LogP) is 9.41. The summed E-state index contributed by atoms with van der Waals surface area (Å²) in [5, 5.41) is 2.90. The topological polar surface area (TPSA) is 0 Å². The molecule has 0 unspecified atom stereocenters. The summed E-state index contributed by atoms with van der Waals surface area (Å²) < 4.78 is 4.52. The van der Waals surface area contributed by atoms with Gasteiger partial charge in [-0.1, -0.05) is 118 Å². The molecular weight excluding hydrogens is 711 g/mol. The minimum Gasteiger partial charge on any atom is -0.146 e. The fourth-order valence-electron chi connectivity index (χ4n) is 2.38.